The summed E-state index contributed by atoms with van der Waals surface area (Å²) in [6.45, 7) is 4.79. The van der Waals surface area contributed by atoms with Gasteiger partial charge in [0.25, 0.3) is 0 Å². The lowest BCUT2D eigenvalue weighted by Gasteiger charge is -2.40. The van der Waals surface area contributed by atoms with E-state index in [1.807, 2.05) is 30.3 Å². The number of likely N-dealkylation sites (tertiary alicyclic amines) is 1. The molecule has 3 aliphatic heterocycles. The van der Waals surface area contributed by atoms with Gasteiger partial charge >= 0.3 is 12.1 Å². The average Bonchev–Trinajstić information content (AvgIpc) is 3.55. The van der Waals surface area contributed by atoms with Crippen LogP contribution >= 0.6 is 0 Å². The number of ether oxygens (including phenoxy) is 2. The highest BCUT2D eigenvalue weighted by Crippen LogP contribution is 2.30. The normalized spacial score (nSPS) is 21.8. The summed E-state index contributed by atoms with van der Waals surface area (Å²) in [5.74, 6) is 0.833. The van der Waals surface area contributed by atoms with Crippen LogP contribution in [0.25, 0.3) is 0 Å². The number of carbonyl (C=O) groups is 1. The standard InChI is InChI=1S/C26H33N7O3/c1-31-11-5-8-21(31)18-35-25-29-23-15-28-14-22(23)24(30-25)32-12-13-33(20(16-32)9-10-27)26(34)36-17-19-6-3-2-4-7-19/h2-4,6-7,20-21,28H,5,8-9,11-18H2,1H3/t20-,21-/m0/s1. The first kappa shape index (κ1) is 24.3. The first-order valence-corrected chi connectivity index (χ1v) is 12.6. The fourth-order valence-corrected chi connectivity index (χ4v) is 5.19. The van der Waals surface area contributed by atoms with Crippen LogP contribution in [0.4, 0.5) is 10.6 Å². The summed E-state index contributed by atoms with van der Waals surface area (Å²) in [6, 6.07) is 12.3. The molecular weight excluding hydrogens is 458 g/mol. The van der Waals surface area contributed by atoms with Crippen molar-refractivity contribution in [3.05, 3.63) is 47.2 Å². The third kappa shape index (κ3) is 5.37. The van der Waals surface area contributed by atoms with Crippen LogP contribution in [0, 0.1) is 11.3 Å². The first-order valence-electron chi connectivity index (χ1n) is 12.6. The molecule has 2 fully saturated rings. The Morgan fingerprint density at radius 3 is 2.81 bits per heavy atom. The van der Waals surface area contributed by atoms with Gasteiger partial charge in [0, 0.05) is 44.3 Å². The van der Waals surface area contributed by atoms with Crippen molar-refractivity contribution in [2.45, 2.75) is 51.0 Å². The molecule has 190 valence electrons. The first-order chi connectivity index (χ1) is 17.6. The molecule has 0 aliphatic carbocycles. The molecule has 10 nitrogen and oxygen atoms in total. The molecule has 1 N–H and O–H groups in total. The lowest BCUT2D eigenvalue weighted by Crippen LogP contribution is -2.55. The summed E-state index contributed by atoms with van der Waals surface area (Å²) in [5, 5.41) is 12.8. The van der Waals surface area contributed by atoms with E-state index in [0.717, 1.165) is 35.6 Å². The maximum absolute atomic E-state index is 12.9. The number of carbonyl (C=O) groups excluding carboxylic acids is 1. The highest BCUT2D eigenvalue weighted by molar-refractivity contribution is 5.69. The molecule has 36 heavy (non-hydrogen) atoms. The number of rotatable bonds is 7. The van der Waals surface area contributed by atoms with Gasteiger partial charge < -0.3 is 29.5 Å². The molecule has 1 aromatic carbocycles. The summed E-state index contributed by atoms with van der Waals surface area (Å²) in [6.07, 6.45) is 2.13. The molecule has 1 amide bonds. The second kappa shape index (κ2) is 11.1. The van der Waals surface area contributed by atoms with Crippen molar-refractivity contribution in [1.29, 1.82) is 5.26 Å². The van der Waals surface area contributed by atoms with E-state index in [0.29, 0.717) is 51.4 Å². The van der Waals surface area contributed by atoms with Crippen molar-refractivity contribution < 1.29 is 14.3 Å². The van der Waals surface area contributed by atoms with E-state index in [4.69, 9.17) is 14.5 Å². The van der Waals surface area contributed by atoms with Gasteiger partial charge in [-0.3, -0.25) is 0 Å². The molecule has 0 saturated carbocycles. The molecule has 2 aromatic rings. The lowest BCUT2D eigenvalue weighted by atomic mass is 10.1. The zero-order valence-electron chi connectivity index (χ0n) is 20.7. The largest absolute Gasteiger partial charge is 0.462 e. The molecule has 0 unspecified atom stereocenters. The second-order valence-electron chi connectivity index (χ2n) is 9.64. The van der Waals surface area contributed by atoms with Gasteiger partial charge in [0.15, 0.2) is 0 Å². The van der Waals surface area contributed by atoms with E-state index < -0.39 is 6.09 Å². The van der Waals surface area contributed by atoms with Gasteiger partial charge in [0.05, 0.1) is 24.2 Å². The van der Waals surface area contributed by atoms with Crippen molar-refractivity contribution in [2.75, 3.05) is 44.7 Å². The molecule has 2 atom stereocenters. The topological polar surface area (TPSA) is 107 Å². The minimum atomic E-state index is -0.391. The number of anilines is 1. The highest BCUT2D eigenvalue weighted by atomic mass is 16.6. The number of likely N-dealkylation sites (N-methyl/N-ethyl adjacent to an activating group) is 1. The Balaban J connectivity index is 1.28. The SMILES string of the molecule is CN1CCC[C@H]1COc1nc2c(c(N3CCN(C(=O)OCc4ccccc4)[C@@H](CC#N)C3)n1)CNC2. The number of piperazine rings is 1. The molecule has 1 aromatic heterocycles. The number of hydrogen-bond donors (Lipinski definition) is 1. The Labute approximate surface area is 211 Å². The van der Waals surface area contributed by atoms with Gasteiger partial charge in [0.1, 0.15) is 19.0 Å². The average molecular weight is 492 g/mol. The Hall–Kier alpha value is -3.42. The van der Waals surface area contributed by atoms with E-state index in [1.54, 1.807) is 4.90 Å². The zero-order valence-corrected chi connectivity index (χ0v) is 20.7. The van der Waals surface area contributed by atoms with Gasteiger partial charge in [-0.05, 0) is 32.0 Å². The van der Waals surface area contributed by atoms with Crippen molar-refractivity contribution >= 4 is 11.9 Å². The third-order valence-corrected chi connectivity index (χ3v) is 7.27. The Morgan fingerprint density at radius 1 is 1.17 bits per heavy atom. The van der Waals surface area contributed by atoms with Gasteiger partial charge in [-0.1, -0.05) is 30.3 Å². The number of hydrogen-bond acceptors (Lipinski definition) is 9. The van der Waals surface area contributed by atoms with Crippen LogP contribution in [0.15, 0.2) is 30.3 Å². The van der Waals surface area contributed by atoms with Crippen LogP contribution in [-0.2, 0) is 24.4 Å². The van der Waals surface area contributed by atoms with Crippen molar-refractivity contribution in [3.63, 3.8) is 0 Å². The van der Waals surface area contributed by atoms with Crippen LogP contribution in [-0.4, -0.2) is 77.8 Å². The minimum Gasteiger partial charge on any atom is -0.462 e. The lowest BCUT2D eigenvalue weighted by molar-refractivity contribution is 0.0767. The number of nitrogens with one attached hydrogen (secondary N) is 1. The fraction of sp³-hybridized carbons (Fsp3) is 0.538. The number of nitriles is 1. The second-order valence-corrected chi connectivity index (χ2v) is 9.64. The fourth-order valence-electron chi connectivity index (χ4n) is 5.19. The summed E-state index contributed by atoms with van der Waals surface area (Å²) in [5.41, 5.74) is 2.95. The number of benzene rings is 1. The number of amides is 1. The summed E-state index contributed by atoms with van der Waals surface area (Å²) in [4.78, 5) is 28.5. The number of aromatic nitrogens is 2. The van der Waals surface area contributed by atoms with Crippen LogP contribution in [0.5, 0.6) is 6.01 Å². The Bertz CT molecular complexity index is 1110. The molecule has 2 saturated heterocycles. The molecule has 4 heterocycles. The minimum absolute atomic E-state index is 0.209. The third-order valence-electron chi connectivity index (χ3n) is 7.27. The highest BCUT2D eigenvalue weighted by Gasteiger charge is 2.34. The van der Waals surface area contributed by atoms with Crippen molar-refractivity contribution in [3.8, 4) is 12.1 Å². The van der Waals surface area contributed by atoms with E-state index in [2.05, 4.69) is 33.2 Å². The van der Waals surface area contributed by atoms with Crippen LogP contribution < -0.4 is 15.0 Å². The van der Waals surface area contributed by atoms with Gasteiger partial charge in [-0.15, -0.1) is 0 Å². The smallest absolute Gasteiger partial charge is 0.410 e. The van der Waals surface area contributed by atoms with E-state index in [9.17, 15) is 10.1 Å². The van der Waals surface area contributed by atoms with Crippen molar-refractivity contribution in [1.82, 2.24) is 25.1 Å². The van der Waals surface area contributed by atoms with E-state index in [1.165, 1.54) is 6.42 Å². The maximum atomic E-state index is 12.9. The van der Waals surface area contributed by atoms with Gasteiger partial charge in [0.2, 0.25) is 0 Å². The Morgan fingerprint density at radius 2 is 2.03 bits per heavy atom. The summed E-state index contributed by atoms with van der Waals surface area (Å²) < 4.78 is 11.6. The molecule has 5 rings (SSSR count). The summed E-state index contributed by atoms with van der Waals surface area (Å²) in [7, 11) is 2.12. The molecule has 0 bridgehead atoms. The molecule has 3 aliphatic rings. The monoisotopic (exact) mass is 491 g/mol. The summed E-state index contributed by atoms with van der Waals surface area (Å²) >= 11 is 0. The van der Waals surface area contributed by atoms with E-state index >= 15 is 0 Å². The van der Waals surface area contributed by atoms with Crippen LogP contribution in [0.1, 0.15) is 36.1 Å². The molecule has 0 radical (unpaired) electrons. The molecular formula is C26H33N7O3. The zero-order chi connectivity index (χ0) is 24.9. The van der Waals surface area contributed by atoms with E-state index in [-0.39, 0.29) is 19.1 Å². The number of fused-ring (bicyclic) bond motifs is 1. The Kier molecular flexibility index (Phi) is 7.49. The molecule has 10 heteroatoms. The predicted octanol–water partition coefficient (Wildman–Crippen LogP) is 2.29. The molecule has 0 spiro atoms. The predicted molar refractivity (Wildman–Crippen MR) is 133 cm³/mol. The van der Waals surface area contributed by atoms with Crippen LogP contribution in [0.3, 0.4) is 0 Å². The number of nitrogens with zero attached hydrogens (tertiary/aromatic N) is 6. The van der Waals surface area contributed by atoms with Crippen LogP contribution in [0.2, 0.25) is 0 Å². The van der Waals surface area contributed by atoms with Crippen molar-refractivity contribution in [2.24, 2.45) is 0 Å². The van der Waals surface area contributed by atoms with Gasteiger partial charge in [-0.25, -0.2) is 4.79 Å². The van der Waals surface area contributed by atoms with Gasteiger partial charge in [-0.2, -0.15) is 15.2 Å². The maximum Gasteiger partial charge on any atom is 0.410 e. The quantitative estimate of drug-likeness (QED) is 0.624.